The van der Waals surface area contributed by atoms with Gasteiger partial charge in [0, 0.05) is 50.9 Å². The minimum absolute atomic E-state index is 0.490. The van der Waals surface area contributed by atoms with E-state index >= 15 is 0 Å². The van der Waals surface area contributed by atoms with Crippen molar-refractivity contribution in [3.05, 3.63) is 29.3 Å². The number of benzene rings is 1. The van der Waals surface area contributed by atoms with E-state index in [9.17, 15) is 0 Å². The summed E-state index contributed by atoms with van der Waals surface area (Å²) in [6, 6.07) is 6.93. The highest BCUT2D eigenvalue weighted by molar-refractivity contribution is 5.79. The Bertz CT molecular complexity index is 680. The van der Waals surface area contributed by atoms with E-state index in [1.807, 2.05) is 0 Å². The minimum atomic E-state index is 0.490. The normalized spacial score (nSPS) is 19.5. The van der Waals surface area contributed by atoms with Crippen LogP contribution in [0.25, 0.3) is 0 Å². The van der Waals surface area contributed by atoms with Crippen molar-refractivity contribution < 1.29 is 4.74 Å². The second kappa shape index (κ2) is 11.6. The van der Waals surface area contributed by atoms with Gasteiger partial charge >= 0.3 is 0 Å². The van der Waals surface area contributed by atoms with E-state index in [1.165, 1.54) is 31.5 Å². The van der Waals surface area contributed by atoms with Crippen LogP contribution in [-0.4, -0.2) is 74.2 Å². The van der Waals surface area contributed by atoms with Crippen LogP contribution in [-0.2, 0) is 6.54 Å². The van der Waals surface area contributed by atoms with Crippen LogP contribution in [0.2, 0.25) is 0 Å². The summed E-state index contributed by atoms with van der Waals surface area (Å²) in [6.45, 7) is 17.8. The van der Waals surface area contributed by atoms with Crippen molar-refractivity contribution >= 4 is 5.96 Å². The van der Waals surface area contributed by atoms with Gasteiger partial charge in [-0.25, -0.2) is 4.99 Å². The lowest BCUT2D eigenvalue weighted by Crippen LogP contribution is -2.53. The summed E-state index contributed by atoms with van der Waals surface area (Å²) in [5, 5.41) is 6.94. The zero-order chi connectivity index (χ0) is 21.3. The summed E-state index contributed by atoms with van der Waals surface area (Å²) in [5.41, 5.74) is 2.39. The van der Waals surface area contributed by atoms with Crippen molar-refractivity contribution in [2.75, 3.05) is 52.4 Å². The number of guanidine groups is 1. The maximum atomic E-state index is 6.11. The van der Waals surface area contributed by atoms with E-state index in [-0.39, 0.29) is 0 Å². The van der Waals surface area contributed by atoms with Crippen molar-refractivity contribution in [2.24, 2.45) is 10.9 Å². The fourth-order valence-corrected chi connectivity index (χ4v) is 3.82. The summed E-state index contributed by atoms with van der Waals surface area (Å²) in [6.07, 6.45) is 2.61. The molecule has 0 amide bonds. The SMILES string of the molecule is CCNC(=NCc1ccc(C)cc1OCC1CC1)NCC(C)N1CCN(CC)CC1. The first-order valence-corrected chi connectivity index (χ1v) is 11.8. The lowest BCUT2D eigenvalue weighted by atomic mass is 10.1. The second-order valence-corrected chi connectivity index (χ2v) is 8.76. The Labute approximate surface area is 183 Å². The molecular formula is C24H41N5O. The number of aliphatic imine (C=N–C) groups is 1. The van der Waals surface area contributed by atoms with Gasteiger partial charge in [0.2, 0.25) is 0 Å². The van der Waals surface area contributed by atoms with E-state index in [4.69, 9.17) is 9.73 Å². The van der Waals surface area contributed by atoms with Crippen LogP contribution in [0.1, 0.15) is 44.7 Å². The van der Waals surface area contributed by atoms with Gasteiger partial charge in [-0.15, -0.1) is 0 Å². The first kappa shape index (κ1) is 22.9. The molecule has 1 unspecified atom stereocenters. The Balaban J connectivity index is 1.54. The molecule has 2 aliphatic rings. The van der Waals surface area contributed by atoms with Gasteiger partial charge in [0.15, 0.2) is 5.96 Å². The van der Waals surface area contributed by atoms with E-state index in [0.717, 1.165) is 62.5 Å². The fourth-order valence-electron chi connectivity index (χ4n) is 3.82. The summed E-state index contributed by atoms with van der Waals surface area (Å²) < 4.78 is 6.11. The molecule has 2 N–H and O–H groups in total. The van der Waals surface area contributed by atoms with Crippen LogP contribution in [0.15, 0.2) is 23.2 Å². The maximum absolute atomic E-state index is 6.11. The minimum Gasteiger partial charge on any atom is -0.493 e. The monoisotopic (exact) mass is 415 g/mol. The van der Waals surface area contributed by atoms with Gasteiger partial charge in [-0.05, 0) is 57.7 Å². The number of hydrogen-bond acceptors (Lipinski definition) is 4. The zero-order valence-corrected chi connectivity index (χ0v) is 19.4. The molecule has 0 radical (unpaired) electrons. The van der Waals surface area contributed by atoms with Gasteiger partial charge in [0.1, 0.15) is 5.75 Å². The average molecular weight is 416 g/mol. The van der Waals surface area contributed by atoms with Gasteiger partial charge in [-0.2, -0.15) is 0 Å². The number of rotatable bonds is 10. The molecule has 0 spiro atoms. The summed E-state index contributed by atoms with van der Waals surface area (Å²) in [7, 11) is 0. The highest BCUT2D eigenvalue weighted by Gasteiger charge is 2.22. The van der Waals surface area contributed by atoms with Crippen molar-refractivity contribution in [3.8, 4) is 5.75 Å². The van der Waals surface area contributed by atoms with Crippen molar-refractivity contribution in [1.82, 2.24) is 20.4 Å². The number of nitrogens with zero attached hydrogens (tertiary/aromatic N) is 3. The molecule has 1 aliphatic carbocycles. The molecule has 168 valence electrons. The molecule has 3 rings (SSSR count). The van der Waals surface area contributed by atoms with Crippen LogP contribution in [0.5, 0.6) is 5.75 Å². The standard InChI is InChI=1S/C24H41N5O/c1-5-25-24(26-16-20(4)29-13-11-28(6-2)12-14-29)27-17-22-10-7-19(3)15-23(22)30-18-21-8-9-21/h7,10,15,20-21H,5-6,8-9,11-14,16-18H2,1-4H3,(H2,25,26,27). The number of likely N-dealkylation sites (N-methyl/N-ethyl adjacent to an activating group) is 1. The quantitative estimate of drug-likeness (QED) is 0.455. The summed E-state index contributed by atoms with van der Waals surface area (Å²) in [5.74, 6) is 2.62. The number of aryl methyl sites for hydroxylation is 1. The second-order valence-electron chi connectivity index (χ2n) is 8.76. The Morgan fingerprint density at radius 3 is 2.60 bits per heavy atom. The molecule has 1 aromatic carbocycles. The molecule has 0 bridgehead atoms. The van der Waals surface area contributed by atoms with Crippen molar-refractivity contribution in [1.29, 1.82) is 0 Å². The topological polar surface area (TPSA) is 52.1 Å². The van der Waals surface area contributed by atoms with Gasteiger partial charge in [0.25, 0.3) is 0 Å². The van der Waals surface area contributed by atoms with E-state index in [2.05, 4.69) is 66.3 Å². The molecule has 1 aliphatic heterocycles. The Morgan fingerprint density at radius 2 is 1.93 bits per heavy atom. The predicted molar refractivity (Wildman–Crippen MR) is 125 cm³/mol. The third kappa shape index (κ3) is 7.17. The Kier molecular flexibility index (Phi) is 8.82. The van der Waals surface area contributed by atoms with Crippen molar-refractivity contribution in [2.45, 2.75) is 53.1 Å². The number of piperazine rings is 1. The van der Waals surface area contributed by atoms with E-state index < -0.39 is 0 Å². The largest absolute Gasteiger partial charge is 0.493 e. The number of ether oxygens (including phenoxy) is 1. The molecule has 0 aromatic heterocycles. The van der Waals surface area contributed by atoms with Crippen LogP contribution < -0.4 is 15.4 Å². The van der Waals surface area contributed by atoms with Crippen molar-refractivity contribution in [3.63, 3.8) is 0 Å². The predicted octanol–water partition coefficient (Wildman–Crippen LogP) is 2.86. The van der Waals surface area contributed by atoms with Crippen LogP contribution in [0.4, 0.5) is 0 Å². The smallest absolute Gasteiger partial charge is 0.191 e. The maximum Gasteiger partial charge on any atom is 0.191 e. The molecule has 1 saturated carbocycles. The first-order valence-electron chi connectivity index (χ1n) is 11.8. The third-order valence-electron chi connectivity index (χ3n) is 6.19. The summed E-state index contributed by atoms with van der Waals surface area (Å²) in [4.78, 5) is 9.94. The first-order chi connectivity index (χ1) is 14.6. The number of nitrogens with one attached hydrogen (secondary N) is 2. The highest BCUT2D eigenvalue weighted by atomic mass is 16.5. The van der Waals surface area contributed by atoms with E-state index in [1.54, 1.807) is 0 Å². The molecule has 1 saturated heterocycles. The van der Waals surface area contributed by atoms with Crippen LogP contribution in [0, 0.1) is 12.8 Å². The highest BCUT2D eigenvalue weighted by Crippen LogP contribution is 2.30. The number of hydrogen-bond donors (Lipinski definition) is 2. The van der Waals surface area contributed by atoms with E-state index in [0.29, 0.717) is 12.6 Å². The molecule has 1 heterocycles. The molecule has 6 nitrogen and oxygen atoms in total. The zero-order valence-electron chi connectivity index (χ0n) is 19.4. The summed E-state index contributed by atoms with van der Waals surface area (Å²) >= 11 is 0. The Morgan fingerprint density at radius 1 is 1.17 bits per heavy atom. The van der Waals surface area contributed by atoms with Crippen LogP contribution >= 0.6 is 0 Å². The molecule has 1 atom stereocenters. The molecule has 6 heteroatoms. The van der Waals surface area contributed by atoms with Gasteiger partial charge in [-0.1, -0.05) is 19.1 Å². The fraction of sp³-hybridized carbons (Fsp3) is 0.708. The molecular weight excluding hydrogens is 374 g/mol. The van der Waals surface area contributed by atoms with Gasteiger partial charge in [-0.3, -0.25) is 4.90 Å². The Hall–Kier alpha value is -1.79. The van der Waals surface area contributed by atoms with Crippen LogP contribution in [0.3, 0.4) is 0 Å². The molecule has 2 fully saturated rings. The lowest BCUT2D eigenvalue weighted by molar-refractivity contribution is 0.107. The van der Waals surface area contributed by atoms with Gasteiger partial charge < -0.3 is 20.3 Å². The van der Waals surface area contributed by atoms with Gasteiger partial charge in [0.05, 0.1) is 13.2 Å². The molecule has 30 heavy (non-hydrogen) atoms. The average Bonchev–Trinajstić information content (AvgIpc) is 3.59. The lowest BCUT2D eigenvalue weighted by Gasteiger charge is -2.37. The third-order valence-corrected chi connectivity index (χ3v) is 6.19. The molecule has 1 aromatic rings.